The number of rotatable bonds is 2. The molecular formula is C8H16GeSi. The van der Waals surface area contributed by atoms with Crippen molar-refractivity contribution in [3.63, 3.8) is 0 Å². The molecule has 56 valence electrons. The van der Waals surface area contributed by atoms with E-state index < -0.39 is 6.60 Å². The predicted molar refractivity (Wildman–Crippen MR) is 53.9 cm³/mol. The summed E-state index contributed by atoms with van der Waals surface area (Å²) >= 11 is -0.233. The van der Waals surface area contributed by atoms with Gasteiger partial charge in [0.15, 0.2) is 0 Å². The maximum atomic E-state index is 2.51. The van der Waals surface area contributed by atoms with E-state index >= 15 is 0 Å². The zero-order chi connectivity index (χ0) is 7.61. The Hall–Kier alpha value is 0.240. The van der Waals surface area contributed by atoms with Gasteiger partial charge in [-0.25, -0.2) is 0 Å². The Bertz CT molecular complexity index is 153. The zero-order valence-corrected chi connectivity index (χ0v) is 11.1. The quantitative estimate of drug-likeness (QED) is 0.614. The molecule has 0 aromatic heterocycles. The summed E-state index contributed by atoms with van der Waals surface area (Å²) in [5, 5.41) is 0. The summed E-state index contributed by atoms with van der Waals surface area (Å²) in [6, 6.07) is 0. The molecule has 0 N–H and O–H groups in total. The Morgan fingerprint density at radius 1 is 1.10 bits per heavy atom. The molecule has 10 heavy (non-hydrogen) atoms. The van der Waals surface area contributed by atoms with Crippen molar-refractivity contribution in [3.05, 3.63) is 24.3 Å². The van der Waals surface area contributed by atoms with Gasteiger partial charge in [-0.05, 0) is 0 Å². The van der Waals surface area contributed by atoms with Crippen LogP contribution in [-0.2, 0) is 0 Å². The van der Waals surface area contributed by atoms with Gasteiger partial charge in [-0.2, -0.15) is 0 Å². The van der Waals surface area contributed by atoms with E-state index in [9.17, 15) is 0 Å². The van der Waals surface area contributed by atoms with Gasteiger partial charge in [-0.15, -0.1) is 0 Å². The molecule has 1 rings (SSSR count). The number of hydrogen-bond acceptors (Lipinski definition) is 0. The monoisotopic (exact) mass is 214 g/mol. The number of allylic oxidation sites excluding steroid dienone is 4. The molecule has 0 unspecified atom stereocenters. The molecule has 2 heteroatoms. The van der Waals surface area contributed by atoms with Crippen LogP contribution in [0.4, 0.5) is 0 Å². The summed E-state index contributed by atoms with van der Waals surface area (Å²) < 4.78 is 0.944. The van der Waals surface area contributed by atoms with Crippen molar-refractivity contribution in [2.75, 3.05) is 0 Å². The van der Waals surface area contributed by atoms with Gasteiger partial charge in [0.2, 0.25) is 0 Å². The molecule has 0 saturated heterocycles. The molecule has 0 fully saturated rings. The van der Waals surface area contributed by atoms with E-state index in [2.05, 4.69) is 43.9 Å². The van der Waals surface area contributed by atoms with Gasteiger partial charge in [0.05, 0.1) is 0 Å². The summed E-state index contributed by atoms with van der Waals surface area (Å²) in [5.41, 5.74) is 0. The van der Waals surface area contributed by atoms with Crippen LogP contribution in [0.25, 0.3) is 0 Å². The van der Waals surface area contributed by atoms with Crippen LogP contribution in [0.15, 0.2) is 24.3 Å². The molecule has 0 aliphatic heterocycles. The van der Waals surface area contributed by atoms with Crippen LogP contribution in [0.2, 0.25) is 24.4 Å². The van der Waals surface area contributed by atoms with Crippen molar-refractivity contribution < 1.29 is 0 Å². The number of hydrogen-bond donors (Lipinski definition) is 0. The van der Waals surface area contributed by atoms with Crippen molar-refractivity contribution in [1.82, 2.24) is 0 Å². The van der Waals surface area contributed by atoms with Crippen LogP contribution in [0.3, 0.4) is 0 Å². The van der Waals surface area contributed by atoms with Gasteiger partial charge in [0.25, 0.3) is 0 Å². The standard InChI is InChI=1S/C8H16GeSi/c1-10(2,3)9-8-6-4-5-7-8/h4-8H,9H2,1-3H3. The Morgan fingerprint density at radius 2 is 1.60 bits per heavy atom. The Balaban J connectivity index is 2.40. The van der Waals surface area contributed by atoms with E-state index in [1.165, 1.54) is 0 Å². The molecular weight excluding hydrogens is 197 g/mol. The minimum atomic E-state index is -0.637. The van der Waals surface area contributed by atoms with Crippen molar-refractivity contribution in [1.29, 1.82) is 0 Å². The van der Waals surface area contributed by atoms with Gasteiger partial charge < -0.3 is 0 Å². The van der Waals surface area contributed by atoms with Crippen molar-refractivity contribution in [3.8, 4) is 0 Å². The maximum absolute atomic E-state index is 2.51. The first-order valence-electron chi connectivity index (χ1n) is 3.93. The average molecular weight is 213 g/mol. The first-order valence-corrected chi connectivity index (χ1v) is 13.8. The topological polar surface area (TPSA) is 0 Å². The van der Waals surface area contributed by atoms with Crippen molar-refractivity contribution >= 4 is 21.4 Å². The molecule has 1 aliphatic rings. The predicted octanol–water partition coefficient (Wildman–Crippen LogP) is 1.90. The van der Waals surface area contributed by atoms with E-state index in [4.69, 9.17) is 0 Å². The van der Waals surface area contributed by atoms with Crippen LogP contribution >= 0.6 is 0 Å². The second-order valence-corrected chi connectivity index (χ2v) is 27.6. The molecule has 1 aliphatic carbocycles. The normalized spacial score (nSPS) is 19.9. The average Bonchev–Trinajstić information content (AvgIpc) is 2.12. The SMILES string of the molecule is C[Si](C)(C)[GeH2][CH]1C=CC=C1. The summed E-state index contributed by atoms with van der Waals surface area (Å²) in [6.45, 7) is 6.88. The molecule has 0 bridgehead atoms. The van der Waals surface area contributed by atoms with Gasteiger partial charge in [0.1, 0.15) is 0 Å². The first kappa shape index (κ1) is 8.34. The summed E-state index contributed by atoms with van der Waals surface area (Å²) in [7, 11) is 0. The minimum absolute atomic E-state index is 0.233. The second kappa shape index (κ2) is 3.09. The van der Waals surface area contributed by atoms with Gasteiger partial charge in [0, 0.05) is 0 Å². The molecule has 0 nitrogen and oxygen atoms in total. The van der Waals surface area contributed by atoms with Crippen molar-refractivity contribution in [2.45, 2.75) is 24.4 Å². The molecule has 0 aromatic carbocycles. The van der Waals surface area contributed by atoms with E-state index in [0.29, 0.717) is 0 Å². The molecule has 0 atom stereocenters. The fraction of sp³-hybridized carbons (Fsp3) is 0.500. The van der Waals surface area contributed by atoms with Gasteiger partial charge in [-0.3, -0.25) is 0 Å². The Morgan fingerprint density at radius 3 is 2.00 bits per heavy atom. The second-order valence-electron chi connectivity index (χ2n) is 4.20. The van der Waals surface area contributed by atoms with E-state index in [1.807, 2.05) is 0 Å². The van der Waals surface area contributed by atoms with Crippen LogP contribution < -0.4 is 0 Å². The molecule has 0 aromatic rings. The van der Waals surface area contributed by atoms with E-state index in [1.54, 1.807) is 0 Å². The molecule has 0 amide bonds. The third kappa shape index (κ3) is 2.88. The zero-order valence-electron chi connectivity index (χ0n) is 7.09. The molecule has 0 heterocycles. The van der Waals surface area contributed by atoms with Crippen LogP contribution in [0, 0.1) is 0 Å². The van der Waals surface area contributed by atoms with E-state index in [0.717, 1.165) is 4.75 Å². The summed E-state index contributed by atoms with van der Waals surface area (Å²) in [4.78, 5) is 0. The van der Waals surface area contributed by atoms with Crippen molar-refractivity contribution in [2.24, 2.45) is 0 Å². The summed E-state index contributed by atoms with van der Waals surface area (Å²) in [5.74, 6) is 0. The van der Waals surface area contributed by atoms with Crippen LogP contribution in [0.1, 0.15) is 0 Å². The Labute approximate surface area is 70.3 Å². The van der Waals surface area contributed by atoms with Gasteiger partial charge in [-0.1, -0.05) is 0 Å². The third-order valence-corrected chi connectivity index (χ3v) is 15.2. The molecule has 0 radical (unpaired) electrons. The van der Waals surface area contributed by atoms with Crippen LogP contribution in [-0.4, -0.2) is 21.4 Å². The van der Waals surface area contributed by atoms with E-state index in [-0.39, 0.29) is 14.8 Å². The fourth-order valence-corrected chi connectivity index (χ4v) is 14.3. The Kier molecular flexibility index (Phi) is 2.58. The molecule has 0 spiro atoms. The fourth-order valence-electron chi connectivity index (χ4n) is 1.32. The third-order valence-electron chi connectivity index (χ3n) is 1.68. The molecule has 0 saturated carbocycles. The summed E-state index contributed by atoms with van der Waals surface area (Å²) in [6.07, 6.45) is 9.18. The van der Waals surface area contributed by atoms with Gasteiger partial charge >= 0.3 is 70.1 Å². The first-order chi connectivity index (χ1) is 4.58. The van der Waals surface area contributed by atoms with Crippen LogP contribution in [0.5, 0.6) is 0 Å².